The van der Waals surface area contributed by atoms with Crippen LogP contribution in [0, 0.1) is 0 Å². The summed E-state index contributed by atoms with van der Waals surface area (Å²) in [7, 11) is 3.41. The van der Waals surface area contributed by atoms with Crippen molar-refractivity contribution >= 4 is 49.1 Å². The van der Waals surface area contributed by atoms with Crippen LogP contribution in [0.25, 0.3) is 33.2 Å². The molecule has 0 saturated carbocycles. The van der Waals surface area contributed by atoms with Gasteiger partial charge in [-0.3, -0.25) is 14.3 Å². The zero-order valence-electron chi connectivity index (χ0n) is 20.0. The van der Waals surface area contributed by atoms with E-state index in [0.717, 1.165) is 17.5 Å². The number of anilines is 2. The average Bonchev–Trinajstić information content (AvgIpc) is 2.76. The van der Waals surface area contributed by atoms with Gasteiger partial charge in [-0.1, -0.05) is 12.1 Å². The van der Waals surface area contributed by atoms with Crippen molar-refractivity contribution in [1.82, 2.24) is 14.5 Å². The lowest BCUT2D eigenvalue weighted by molar-refractivity contribution is 0.0826. The van der Waals surface area contributed by atoms with Crippen LogP contribution >= 0.6 is 0 Å². The number of hydrogen-bond donors (Lipinski definition) is 1. The van der Waals surface area contributed by atoms with Crippen LogP contribution in [-0.2, 0) is 16.6 Å². The van der Waals surface area contributed by atoms with Gasteiger partial charge in [-0.2, -0.15) is 0 Å². The molecule has 1 N–H and O–H groups in total. The fourth-order valence-electron chi connectivity index (χ4n) is 4.22. The van der Waals surface area contributed by atoms with Crippen molar-refractivity contribution in [3.05, 3.63) is 52.2 Å². The van der Waals surface area contributed by atoms with Crippen molar-refractivity contribution in [2.45, 2.75) is 13.5 Å². The number of rotatable bonds is 5. The molecule has 0 atom stereocenters. The first-order valence-corrected chi connectivity index (χ1v) is 12.6. The Labute approximate surface area is 198 Å². The SMILES string of the molecule is CCn1c2c(C(=O)N(C)C)c(=O)c3cccc(NS(C)(=O)=O)c3c-2nc2ccc(N(C)C)cc21. The number of nitrogens with one attached hydrogen (secondary N) is 1. The number of aryl methyl sites for hydroxylation is 1. The van der Waals surface area contributed by atoms with E-state index in [4.69, 9.17) is 4.98 Å². The van der Waals surface area contributed by atoms with E-state index in [1.807, 2.05) is 48.7 Å². The van der Waals surface area contributed by atoms with E-state index in [2.05, 4.69) is 4.72 Å². The molecule has 34 heavy (non-hydrogen) atoms. The highest BCUT2D eigenvalue weighted by Gasteiger charge is 2.29. The lowest BCUT2D eigenvalue weighted by Crippen LogP contribution is -2.31. The van der Waals surface area contributed by atoms with Crippen molar-refractivity contribution in [3.63, 3.8) is 0 Å². The van der Waals surface area contributed by atoms with Crippen LogP contribution < -0.4 is 15.1 Å². The van der Waals surface area contributed by atoms with E-state index >= 15 is 0 Å². The zero-order valence-corrected chi connectivity index (χ0v) is 20.8. The number of carbonyl (C=O) groups excluding carboxylic acids is 1. The monoisotopic (exact) mass is 481 g/mol. The molecule has 4 rings (SSSR count). The van der Waals surface area contributed by atoms with Crippen LogP contribution in [0.4, 0.5) is 11.4 Å². The van der Waals surface area contributed by atoms with Gasteiger partial charge in [0.2, 0.25) is 15.5 Å². The molecule has 1 heterocycles. The average molecular weight is 482 g/mol. The summed E-state index contributed by atoms with van der Waals surface area (Å²) in [4.78, 5) is 35.2. The molecular formula is C24H27N5O4S. The molecule has 178 valence electrons. The Hall–Kier alpha value is -3.66. The van der Waals surface area contributed by atoms with Gasteiger partial charge in [-0.05, 0) is 31.2 Å². The van der Waals surface area contributed by atoms with Gasteiger partial charge in [0.05, 0.1) is 34.4 Å². The first kappa shape index (κ1) is 23.5. The Balaban J connectivity index is 2.32. The second-order valence-electron chi connectivity index (χ2n) is 8.63. The maximum Gasteiger partial charge on any atom is 0.259 e. The van der Waals surface area contributed by atoms with E-state index in [9.17, 15) is 18.0 Å². The molecule has 0 unspecified atom stereocenters. The molecular weight excluding hydrogens is 454 g/mol. The molecule has 9 nitrogen and oxygen atoms in total. The van der Waals surface area contributed by atoms with Crippen molar-refractivity contribution < 1.29 is 13.2 Å². The number of amides is 1. The number of fused-ring (bicyclic) bond motifs is 4. The summed E-state index contributed by atoms with van der Waals surface area (Å²) >= 11 is 0. The molecule has 1 aliphatic heterocycles. The fourth-order valence-corrected chi connectivity index (χ4v) is 4.79. The van der Waals surface area contributed by atoms with Crippen molar-refractivity contribution in [3.8, 4) is 11.4 Å². The second-order valence-corrected chi connectivity index (χ2v) is 10.4. The third-order valence-electron chi connectivity index (χ3n) is 5.73. The number of aromatic nitrogens is 2. The van der Waals surface area contributed by atoms with E-state index in [1.165, 1.54) is 4.90 Å². The van der Waals surface area contributed by atoms with E-state index in [-0.39, 0.29) is 16.6 Å². The summed E-state index contributed by atoms with van der Waals surface area (Å²) in [5, 5.41) is 0.592. The number of carbonyl (C=O) groups is 1. The highest BCUT2D eigenvalue weighted by atomic mass is 32.2. The lowest BCUT2D eigenvalue weighted by Gasteiger charge is -2.24. The molecule has 2 aliphatic rings. The van der Waals surface area contributed by atoms with Crippen LogP contribution in [0.15, 0.2) is 41.2 Å². The second kappa shape index (κ2) is 8.28. The number of nitrogens with zero attached hydrogens (tertiary/aromatic N) is 4. The van der Waals surface area contributed by atoms with Gasteiger partial charge >= 0.3 is 0 Å². The minimum atomic E-state index is -3.63. The van der Waals surface area contributed by atoms with Crippen LogP contribution in [0.1, 0.15) is 17.3 Å². The topological polar surface area (TPSA) is 105 Å². The van der Waals surface area contributed by atoms with Crippen LogP contribution in [0.5, 0.6) is 0 Å². The van der Waals surface area contributed by atoms with Gasteiger partial charge in [0, 0.05) is 51.2 Å². The first-order valence-electron chi connectivity index (χ1n) is 10.7. The van der Waals surface area contributed by atoms with Gasteiger partial charge in [0.25, 0.3) is 5.91 Å². The Morgan fingerprint density at radius 2 is 1.82 bits per heavy atom. The third kappa shape index (κ3) is 3.83. The van der Waals surface area contributed by atoms with E-state index in [0.29, 0.717) is 28.8 Å². The Morgan fingerprint density at radius 1 is 1.12 bits per heavy atom. The van der Waals surface area contributed by atoms with E-state index < -0.39 is 21.4 Å². The summed E-state index contributed by atoms with van der Waals surface area (Å²) in [6, 6.07) is 10.6. The minimum absolute atomic E-state index is 0.00973. The van der Waals surface area contributed by atoms with Crippen molar-refractivity contribution in [1.29, 1.82) is 0 Å². The molecule has 2 aromatic rings. The predicted molar refractivity (Wildman–Crippen MR) is 137 cm³/mol. The first-order chi connectivity index (χ1) is 15.9. The summed E-state index contributed by atoms with van der Waals surface area (Å²) in [5.74, 6) is -0.439. The van der Waals surface area contributed by atoms with Crippen LogP contribution in [0.3, 0.4) is 0 Å². The molecule has 0 saturated heterocycles. The zero-order chi connectivity index (χ0) is 24.9. The Morgan fingerprint density at radius 3 is 2.41 bits per heavy atom. The van der Waals surface area contributed by atoms with Crippen LogP contribution in [0.2, 0.25) is 0 Å². The maximum atomic E-state index is 13.7. The number of benzene rings is 3. The Kier molecular flexibility index (Phi) is 5.72. The maximum absolute atomic E-state index is 13.7. The minimum Gasteiger partial charge on any atom is -0.378 e. The van der Waals surface area contributed by atoms with E-state index in [1.54, 1.807) is 32.3 Å². The molecule has 0 aromatic heterocycles. The lowest BCUT2D eigenvalue weighted by atomic mass is 9.95. The summed E-state index contributed by atoms with van der Waals surface area (Å²) in [5.41, 5.74) is 2.92. The molecule has 0 bridgehead atoms. The number of sulfonamides is 1. The smallest absolute Gasteiger partial charge is 0.259 e. The molecule has 1 amide bonds. The van der Waals surface area contributed by atoms with Gasteiger partial charge in [0.1, 0.15) is 5.56 Å². The molecule has 0 fully saturated rings. The van der Waals surface area contributed by atoms with Crippen molar-refractivity contribution in [2.75, 3.05) is 44.1 Å². The standard InChI is InChI=1S/C24H27N5O4S/c1-7-29-18-13-14(27(2)3)11-12-16(18)25-21-19-15(9-8-10-17(19)26-34(6,32)33)23(30)20(22(21)29)24(31)28(4)5/h8-13,26H,7H2,1-6H3. The molecule has 0 radical (unpaired) electrons. The van der Waals surface area contributed by atoms with Crippen molar-refractivity contribution in [2.24, 2.45) is 0 Å². The summed E-state index contributed by atoms with van der Waals surface area (Å²) < 4.78 is 28.6. The highest BCUT2D eigenvalue weighted by Crippen LogP contribution is 2.38. The molecule has 1 aliphatic carbocycles. The quantitative estimate of drug-likeness (QED) is 0.347. The normalized spacial score (nSPS) is 11.8. The molecule has 2 aromatic carbocycles. The van der Waals surface area contributed by atoms with Gasteiger partial charge in [-0.25, -0.2) is 13.4 Å². The third-order valence-corrected chi connectivity index (χ3v) is 6.32. The summed E-state index contributed by atoms with van der Waals surface area (Å²) in [6.45, 7) is 2.40. The molecule has 10 heteroatoms. The highest BCUT2D eigenvalue weighted by molar-refractivity contribution is 7.92. The predicted octanol–water partition coefficient (Wildman–Crippen LogP) is 2.81. The largest absolute Gasteiger partial charge is 0.378 e. The van der Waals surface area contributed by atoms with Gasteiger partial charge < -0.3 is 14.4 Å². The van der Waals surface area contributed by atoms with Gasteiger partial charge in [-0.15, -0.1) is 0 Å². The van der Waals surface area contributed by atoms with Crippen LogP contribution in [-0.4, -0.2) is 63.2 Å². The number of hydrogen-bond acceptors (Lipinski definition) is 6. The molecule has 0 spiro atoms. The Bertz CT molecular complexity index is 1590. The van der Waals surface area contributed by atoms with Gasteiger partial charge in [0.15, 0.2) is 0 Å². The fraction of sp³-hybridized carbons (Fsp3) is 0.292. The summed E-state index contributed by atoms with van der Waals surface area (Å²) in [6.07, 6.45) is 1.05.